The molecule has 1 atom stereocenters. The highest BCUT2D eigenvalue weighted by Gasteiger charge is 2.39. The number of hydrogen-bond acceptors (Lipinski definition) is 9. The molecule has 0 aliphatic rings. The van der Waals surface area contributed by atoms with Crippen molar-refractivity contribution in [3.05, 3.63) is 35.9 Å². The van der Waals surface area contributed by atoms with E-state index in [4.69, 9.17) is 28.2 Å². The predicted octanol–water partition coefficient (Wildman–Crippen LogP) is 6.09. The van der Waals surface area contributed by atoms with Gasteiger partial charge in [0.05, 0.1) is 11.2 Å². The number of hydrogen-bond donors (Lipinski definition) is 1. The Morgan fingerprint density at radius 1 is 0.895 bits per heavy atom. The Bertz CT molecular complexity index is 956. The summed E-state index contributed by atoms with van der Waals surface area (Å²) in [5.74, 6) is -1.79. The number of phosphoric ester groups is 1. The number of amides is 1. The number of carboxylic acid groups (broad SMARTS) is 1. The Balaban J connectivity index is 3.24. The Labute approximate surface area is 225 Å². The zero-order valence-electron chi connectivity index (χ0n) is 23.8. The van der Waals surface area contributed by atoms with Gasteiger partial charge in [-0.2, -0.15) is 0 Å². The SMILES string of the molecule is CC(C)(C)OC(=O)[C@H](c1ccccc1)N(CCCC(=O)O)C(=O)OCOP(=O)(OC(C)(C)C)OC(C)(C)C. The van der Waals surface area contributed by atoms with Gasteiger partial charge in [-0.25, -0.2) is 18.7 Å². The van der Waals surface area contributed by atoms with Crippen LogP contribution in [0.5, 0.6) is 0 Å². The van der Waals surface area contributed by atoms with E-state index in [9.17, 15) is 18.9 Å². The topological polar surface area (TPSA) is 138 Å². The molecule has 0 unspecified atom stereocenters. The summed E-state index contributed by atoms with van der Waals surface area (Å²) in [4.78, 5) is 38.7. The first-order chi connectivity index (χ1) is 17.2. The molecule has 0 heterocycles. The van der Waals surface area contributed by atoms with Crippen LogP contribution in [0, 0.1) is 0 Å². The zero-order valence-corrected chi connectivity index (χ0v) is 24.7. The molecule has 12 heteroatoms. The van der Waals surface area contributed by atoms with Crippen LogP contribution in [-0.2, 0) is 37.2 Å². The van der Waals surface area contributed by atoms with E-state index in [-0.39, 0.29) is 19.4 Å². The second kappa shape index (κ2) is 13.6. The largest absolute Gasteiger partial charge is 0.481 e. The van der Waals surface area contributed by atoms with Crippen molar-refractivity contribution in [3.8, 4) is 0 Å². The summed E-state index contributed by atoms with van der Waals surface area (Å²) in [6.45, 7) is 14.1. The minimum atomic E-state index is -4.18. The summed E-state index contributed by atoms with van der Waals surface area (Å²) in [6.07, 6.45) is -1.21. The normalized spacial score (nSPS) is 13.5. The van der Waals surface area contributed by atoms with Crippen molar-refractivity contribution >= 4 is 25.9 Å². The maximum Gasteiger partial charge on any atom is 0.478 e. The summed E-state index contributed by atoms with van der Waals surface area (Å²) in [5, 5.41) is 9.09. The van der Waals surface area contributed by atoms with E-state index in [0.29, 0.717) is 5.56 Å². The highest BCUT2D eigenvalue weighted by atomic mass is 31.2. The van der Waals surface area contributed by atoms with Gasteiger partial charge in [0.15, 0.2) is 6.04 Å². The highest BCUT2D eigenvalue weighted by molar-refractivity contribution is 7.48. The van der Waals surface area contributed by atoms with Gasteiger partial charge in [-0.3, -0.25) is 18.7 Å². The molecule has 0 fully saturated rings. The van der Waals surface area contributed by atoms with Crippen LogP contribution in [0.1, 0.15) is 86.8 Å². The third kappa shape index (κ3) is 13.4. The molecule has 0 saturated heterocycles. The molecule has 11 nitrogen and oxygen atoms in total. The quantitative estimate of drug-likeness (QED) is 0.182. The van der Waals surface area contributed by atoms with Gasteiger partial charge in [-0.05, 0) is 74.3 Å². The fraction of sp³-hybridized carbons (Fsp3) is 0.654. The first-order valence-electron chi connectivity index (χ1n) is 12.3. The van der Waals surface area contributed by atoms with Crippen LogP contribution in [0.3, 0.4) is 0 Å². The molecule has 216 valence electrons. The predicted molar refractivity (Wildman–Crippen MR) is 140 cm³/mol. The Kier molecular flexibility index (Phi) is 12.0. The van der Waals surface area contributed by atoms with E-state index in [1.54, 1.807) is 92.6 Å². The van der Waals surface area contributed by atoms with Crippen molar-refractivity contribution in [2.24, 2.45) is 0 Å². The van der Waals surface area contributed by atoms with Crippen LogP contribution < -0.4 is 0 Å². The third-order valence-electron chi connectivity index (χ3n) is 4.25. The second-order valence-corrected chi connectivity index (χ2v) is 13.1. The molecule has 38 heavy (non-hydrogen) atoms. The monoisotopic (exact) mass is 559 g/mol. The third-order valence-corrected chi connectivity index (χ3v) is 6.21. The fourth-order valence-corrected chi connectivity index (χ4v) is 4.80. The number of aliphatic carboxylic acids is 1. The summed E-state index contributed by atoms with van der Waals surface area (Å²) in [6, 6.07) is 7.19. The van der Waals surface area contributed by atoms with Gasteiger partial charge in [0.1, 0.15) is 5.60 Å². The van der Waals surface area contributed by atoms with Crippen molar-refractivity contribution in [2.45, 2.75) is 98.0 Å². The van der Waals surface area contributed by atoms with Crippen LogP contribution in [0.2, 0.25) is 0 Å². The molecule has 0 bridgehead atoms. The van der Waals surface area contributed by atoms with Crippen molar-refractivity contribution < 1.29 is 47.1 Å². The molecular weight excluding hydrogens is 517 g/mol. The van der Waals surface area contributed by atoms with E-state index in [2.05, 4.69) is 0 Å². The highest BCUT2D eigenvalue weighted by Crippen LogP contribution is 2.55. The molecule has 0 aromatic heterocycles. The molecule has 0 saturated carbocycles. The van der Waals surface area contributed by atoms with Gasteiger partial charge < -0.3 is 14.6 Å². The number of carbonyl (C=O) groups excluding carboxylic acids is 2. The minimum Gasteiger partial charge on any atom is -0.481 e. The summed E-state index contributed by atoms with van der Waals surface area (Å²) in [7, 11) is -4.18. The van der Waals surface area contributed by atoms with E-state index < -0.39 is 55.5 Å². The van der Waals surface area contributed by atoms with Crippen LogP contribution >= 0.6 is 7.82 Å². The maximum atomic E-state index is 13.3. The smallest absolute Gasteiger partial charge is 0.478 e. The van der Waals surface area contributed by atoms with Crippen molar-refractivity contribution in [2.75, 3.05) is 13.3 Å². The molecule has 1 rings (SSSR count). The average Bonchev–Trinajstić information content (AvgIpc) is 2.69. The maximum absolute atomic E-state index is 13.3. The van der Waals surface area contributed by atoms with Gasteiger partial charge >= 0.3 is 25.9 Å². The van der Waals surface area contributed by atoms with E-state index >= 15 is 0 Å². The molecule has 1 N–H and O–H groups in total. The molecule has 0 aliphatic heterocycles. The number of ether oxygens (including phenoxy) is 2. The molecule has 1 aromatic carbocycles. The summed E-state index contributed by atoms with van der Waals surface area (Å²) in [5.41, 5.74) is -2.22. The number of carbonyl (C=O) groups is 3. The Hall–Kier alpha value is -2.46. The molecule has 1 aromatic rings. The summed E-state index contributed by atoms with van der Waals surface area (Å²) < 4.78 is 40.4. The van der Waals surface area contributed by atoms with E-state index in [1.165, 1.54) is 0 Å². The molecule has 0 aliphatic carbocycles. The first-order valence-corrected chi connectivity index (χ1v) is 13.8. The van der Waals surface area contributed by atoms with Crippen LogP contribution in [0.25, 0.3) is 0 Å². The lowest BCUT2D eigenvalue weighted by Gasteiger charge is -2.33. The number of rotatable bonds is 12. The fourth-order valence-electron chi connectivity index (χ4n) is 3.13. The Morgan fingerprint density at radius 2 is 1.42 bits per heavy atom. The van der Waals surface area contributed by atoms with Crippen LogP contribution in [-0.4, -0.2) is 58.2 Å². The van der Waals surface area contributed by atoms with Gasteiger partial charge in [-0.15, -0.1) is 0 Å². The minimum absolute atomic E-state index is 0.0379. The lowest BCUT2D eigenvalue weighted by Crippen LogP contribution is -2.43. The Morgan fingerprint density at radius 3 is 1.87 bits per heavy atom. The number of esters is 1. The molecule has 1 amide bonds. The van der Waals surface area contributed by atoms with Crippen molar-refractivity contribution in [3.63, 3.8) is 0 Å². The van der Waals surface area contributed by atoms with Crippen LogP contribution in [0.15, 0.2) is 30.3 Å². The van der Waals surface area contributed by atoms with Crippen LogP contribution in [0.4, 0.5) is 4.79 Å². The van der Waals surface area contributed by atoms with Crippen molar-refractivity contribution in [1.82, 2.24) is 4.90 Å². The molecule has 0 radical (unpaired) electrons. The number of benzene rings is 1. The van der Waals surface area contributed by atoms with Gasteiger partial charge in [0, 0.05) is 13.0 Å². The van der Waals surface area contributed by atoms with E-state index in [1.807, 2.05) is 0 Å². The van der Waals surface area contributed by atoms with E-state index in [0.717, 1.165) is 4.90 Å². The standard InChI is InChI=1S/C26H42NO10P/c1-24(2,3)35-22(30)21(19-14-11-10-12-15-19)27(17-13-16-20(28)29)23(31)33-18-34-38(32,36-25(4,5)6)37-26(7,8)9/h10-12,14-15,21H,13,16-18H2,1-9H3,(H,28,29)/t21-/m0/s1. The number of carboxylic acids is 1. The van der Waals surface area contributed by atoms with Crippen molar-refractivity contribution in [1.29, 1.82) is 0 Å². The average molecular weight is 560 g/mol. The van der Waals surface area contributed by atoms with Gasteiger partial charge in [-0.1, -0.05) is 30.3 Å². The first kappa shape index (κ1) is 33.6. The number of phosphoric acid groups is 1. The van der Waals surface area contributed by atoms with Gasteiger partial charge in [0.2, 0.25) is 6.79 Å². The zero-order chi connectivity index (χ0) is 29.4. The van der Waals surface area contributed by atoms with Gasteiger partial charge in [0.25, 0.3) is 0 Å². The molecule has 0 spiro atoms. The second-order valence-electron chi connectivity index (χ2n) is 11.5. The number of nitrogens with zero attached hydrogens (tertiary/aromatic N) is 1. The summed E-state index contributed by atoms with van der Waals surface area (Å²) >= 11 is 0. The molecular formula is C26H42NO10P. The lowest BCUT2D eigenvalue weighted by molar-refractivity contribution is -0.161. The lowest BCUT2D eigenvalue weighted by atomic mass is 10.0.